The van der Waals surface area contributed by atoms with Crippen LogP contribution in [0, 0.1) is 23.7 Å². The molecule has 2 heteroatoms. The third-order valence-electron chi connectivity index (χ3n) is 3.84. The van der Waals surface area contributed by atoms with Crippen LogP contribution in [0.3, 0.4) is 0 Å². The molecule has 2 bridgehead atoms. The molecule has 0 aromatic carbocycles. The minimum Gasteiger partial charge on any atom is -0.294 e. The third-order valence-corrected chi connectivity index (χ3v) is 3.84. The second-order valence-electron chi connectivity index (χ2n) is 4.59. The van der Waals surface area contributed by atoms with Gasteiger partial charge in [-0.3, -0.25) is 9.59 Å². The summed E-state index contributed by atoms with van der Waals surface area (Å²) in [6.07, 6.45) is 6.78. The van der Waals surface area contributed by atoms with E-state index in [1.165, 1.54) is 6.08 Å². The number of carbonyl (C=O) groups excluding carboxylic acids is 2. The minimum atomic E-state index is -0.0267. The van der Waals surface area contributed by atoms with Gasteiger partial charge in [0.25, 0.3) is 0 Å². The van der Waals surface area contributed by atoms with Crippen LogP contribution in [0.1, 0.15) is 13.3 Å². The number of carbonyl (C=O) groups is 2. The average Bonchev–Trinajstić information content (AvgIpc) is 2.73. The first-order valence-corrected chi connectivity index (χ1v) is 5.13. The zero-order chi connectivity index (χ0) is 9.87. The number of fused-ring (bicyclic) bond motifs is 5. The highest BCUT2D eigenvalue weighted by molar-refractivity contribution is 6.11. The van der Waals surface area contributed by atoms with Crippen molar-refractivity contribution in [2.24, 2.45) is 23.7 Å². The van der Waals surface area contributed by atoms with E-state index in [1.54, 1.807) is 6.92 Å². The Morgan fingerprint density at radius 2 is 1.79 bits per heavy atom. The van der Waals surface area contributed by atoms with E-state index in [4.69, 9.17) is 0 Å². The van der Waals surface area contributed by atoms with Gasteiger partial charge in [0, 0.05) is 11.8 Å². The lowest BCUT2D eigenvalue weighted by Crippen LogP contribution is -2.36. The highest BCUT2D eigenvalue weighted by atomic mass is 16.1. The molecule has 2 nitrogen and oxygen atoms in total. The van der Waals surface area contributed by atoms with E-state index in [2.05, 4.69) is 12.2 Å². The van der Waals surface area contributed by atoms with Crippen LogP contribution < -0.4 is 0 Å². The summed E-state index contributed by atoms with van der Waals surface area (Å²) >= 11 is 0. The van der Waals surface area contributed by atoms with Crippen molar-refractivity contribution in [1.82, 2.24) is 0 Å². The second kappa shape index (κ2) is 2.44. The average molecular weight is 188 g/mol. The van der Waals surface area contributed by atoms with E-state index in [9.17, 15) is 9.59 Å². The largest absolute Gasteiger partial charge is 0.294 e. The Balaban J connectivity index is 2.10. The normalized spacial score (nSPS) is 44.2. The molecular weight excluding hydrogens is 176 g/mol. The van der Waals surface area contributed by atoms with Crippen molar-refractivity contribution in [2.75, 3.05) is 0 Å². The fourth-order valence-electron chi connectivity index (χ4n) is 3.21. The molecule has 4 atom stereocenters. The first kappa shape index (κ1) is 8.16. The number of hydrogen-bond donors (Lipinski definition) is 0. The molecule has 3 aliphatic carbocycles. The maximum atomic E-state index is 11.9. The second-order valence-corrected chi connectivity index (χ2v) is 4.59. The summed E-state index contributed by atoms with van der Waals surface area (Å²) < 4.78 is 0. The van der Waals surface area contributed by atoms with Crippen LogP contribution in [-0.2, 0) is 9.59 Å². The highest BCUT2D eigenvalue weighted by Crippen LogP contribution is 2.51. The predicted octanol–water partition coefficient (Wildman–Crippen LogP) is 1.52. The van der Waals surface area contributed by atoms with Gasteiger partial charge < -0.3 is 0 Å². The lowest BCUT2D eigenvalue weighted by molar-refractivity contribution is -0.130. The molecule has 0 N–H and O–H groups in total. The van der Waals surface area contributed by atoms with Gasteiger partial charge in [-0.05, 0) is 36.8 Å². The Hall–Kier alpha value is -1.18. The molecule has 0 heterocycles. The Morgan fingerprint density at radius 1 is 1.14 bits per heavy atom. The summed E-state index contributed by atoms with van der Waals surface area (Å²) in [7, 11) is 0. The van der Waals surface area contributed by atoms with Gasteiger partial charge in [-0.25, -0.2) is 0 Å². The van der Waals surface area contributed by atoms with Gasteiger partial charge in [-0.2, -0.15) is 0 Å². The van der Waals surface area contributed by atoms with Gasteiger partial charge in [0.05, 0.1) is 0 Å². The molecule has 0 aliphatic heterocycles. The standard InChI is InChI=1S/C12H12O2/c1-6-4-9(13)10-7-2-3-8(5-7)11(10)12(6)14/h2-4,7-8,10-11H,5H2,1H3/t7-,8+,10+,11-/m0/s1. The Labute approximate surface area is 82.7 Å². The number of allylic oxidation sites excluding steroid dienone is 4. The predicted molar refractivity (Wildman–Crippen MR) is 51.5 cm³/mol. The van der Waals surface area contributed by atoms with Crippen molar-refractivity contribution in [3.05, 3.63) is 23.8 Å². The van der Waals surface area contributed by atoms with Crippen molar-refractivity contribution in [1.29, 1.82) is 0 Å². The topological polar surface area (TPSA) is 34.1 Å². The van der Waals surface area contributed by atoms with Crippen LogP contribution in [-0.4, -0.2) is 11.6 Å². The van der Waals surface area contributed by atoms with Crippen molar-refractivity contribution in [2.45, 2.75) is 13.3 Å². The molecule has 0 saturated heterocycles. The van der Waals surface area contributed by atoms with E-state index in [0.717, 1.165) is 6.42 Å². The van der Waals surface area contributed by atoms with E-state index >= 15 is 0 Å². The monoisotopic (exact) mass is 188 g/mol. The fourth-order valence-corrected chi connectivity index (χ4v) is 3.21. The van der Waals surface area contributed by atoms with Crippen molar-refractivity contribution < 1.29 is 9.59 Å². The van der Waals surface area contributed by atoms with Crippen molar-refractivity contribution in [3.8, 4) is 0 Å². The number of hydrogen-bond acceptors (Lipinski definition) is 2. The molecule has 0 spiro atoms. The maximum Gasteiger partial charge on any atom is 0.163 e. The molecule has 1 fully saturated rings. The van der Waals surface area contributed by atoms with Gasteiger partial charge in [0.1, 0.15) is 0 Å². The van der Waals surface area contributed by atoms with Crippen LogP contribution in [0.4, 0.5) is 0 Å². The van der Waals surface area contributed by atoms with E-state index in [1.807, 2.05) is 0 Å². The van der Waals surface area contributed by atoms with E-state index in [-0.39, 0.29) is 23.4 Å². The lowest BCUT2D eigenvalue weighted by Gasteiger charge is -2.28. The molecule has 0 aromatic rings. The Bertz CT molecular complexity index is 389. The summed E-state index contributed by atoms with van der Waals surface area (Å²) in [5.74, 6) is 0.995. The van der Waals surface area contributed by atoms with E-state index in [0.29, 0.717) is 17.4 Å². The number of ketones is 2. The van der Waals surface area contributed by atoms with Gasteiger partial charge in [0.2, 0.25) is 0 Å². The smallest absolute Gasteiger partial charge is 0.163 e. The van der Waals surface area contributed by atoms with Crippen LogP contribution >= 0.6 is 0 Å². The molecule has 0 unspecified atom stereocenters. The van der Waals surface area contributed by atoms with Crippen LogP contribution in [0.2, 0.25) is 0 Å². The van der Waals surface area contributed by atoms with Gasteiger partial charge in [0.15, 0.2) is 11.6 Å². The number of Topliss-reactive ketones (excluding diaryl/α,β-unsaturated/α-hetero) is 1. The lowest BCUT2D eigenvalue weighted by atomic mass is 9.72. The molecular formula is C12H12O2. The molecule has 0 aromatic heterocycles. The third kappa shape index (κ3) is 0.813. The van der Waals surface area contributed by atoms with Crippen molar-refractivity contribution in [3.63, 3.8) is 0 Å². The molecule has 3 aliphatic rings. The molecule has 1 saturated carbocycles. The zero-order valence-electron chi connectivity index (χ0n) is 8.07. The van der Waals surface area contributed by atoms with Crippen LogP contribution in [0.5, 0.6) is 0 Å². The van der Waals surface area contributed by atoms with Gasteiger partial charge in [-0.15, -0.1) is 0 Å². The SMILES string of the molecule is CC1=CC(=O)[C@@H]2[C@@H](C1=O)[C@@H]1C=C[C@H]2C1. The summed E-state index contributed by atoms with van der Waals surface area (Å²) in [6, 6.07) is 0. The summed E-state index contributed by atoms with van der Waals surface area (Å²) in [5, 5.41) is 0. The number of rotatable bonds is 0. The van der Waals surface area contributed by atoms with E-state index < -0.39 is 0 Å². The molecule has 0 amide bonds. The van der Waals surface area contributed by atoms with Gasteiger partial charge in [-0.1, -0.05) is 12.2 Å². The Kier molecular flexibility index (Phi) is 1.42. The van der Waals surface area contributed by atoms with Crippen LogP contribution in [0.25, 0.3) is 0 Å². The summed E-state index contributed by atoms with van der Waals surface area (Å²) in [6.45, 7) is 1.76. The maximum absolute atomic E-state index is 11.9. The highest BCUT2D eigenvalue weighted by Gasteiger charge is 2.52. The summed E-state index contributed by atoms with van der Waals surface area (Å²) in [4.78, 5) is 23.6. The zero-order valence-corrected chi connectivity index (χ0v) is 8.07. The van der Waals surface area contributed by atoms with Gasteiger partial charge >= 0.3 is 0 Å². The first-order valence-electron chi connectivity index (χ1n) is 5.13. The van der Waals surface area contributed by atoms with Crippen LogP contribution in [0.15, 0.2) is 23.8 Å². The molecule has 14 heavy (non-hydrogen) atoms. The first-order chi connectivity index (χ1) is 6.68. The molecule has 3 rings (SSSR count). The summed E-state index contributed by atoms with van der Waals surface area (Å²) in [5.41, 5.74) is 0.650. The fraction of sp³-hybridized carbons (Fsp3) is 0.500. The molecule has 0 radical (unpaired) electrons. The molecule has 72 valence electrons. The Morgan fingerprint density at radius 3 is 2.50 bits per heavy atom. The van der Waals surface area contributed by atoms with Crippen molar-refractivity contribution >= 4 is 11.6 Å². The minimum absolute atomic E-state index is 0.0255. The quantitative estimate of drug-likeness (QED) is 0.540.